The second-order valence-electron chi connectivity index (χ2n) is 3.86. The Labute approximate surface area is 108 Å². The van der Waals surface area contributed by atoms with Crippen LogP contribution in [0.5, 0.6) is 0 Å². The molecule has 1 heterocycles. The second-order valence-corrected chi connectivity index (χ2v) is 5.01. The van der Waals surface area contributed by atoms with E-state index in [4.69, 9.17) is 0 Å². The number of fused-ring (bicyclic) bond motifs is 1. The molecule has 0 saturated heterocycles. The van der Waals surface area contributed by atoms with Gasteiger partial charge in [0, 0.05) is 15.2 Å². The maximum atomic E-state index is 11.5. The van der Waals surface area contributed by atoms with E-state index in [9.17, 15) is 4.79 Å². The van der Waals surface area contributed by atoms with E-state index in [0.29, 0.717) is 5.39 Å². The minimum atomic E-state index is -0.149. The normalized spacial score (nSPS) is 10.7. The van der Waals surface area contributed by atoms with Crippen LogP contribution in [-0.2, 0) is 0 Å². The van der Waals surface area contributed by atoms with Gasteiger partial charge in [0.15, 0.2) is 0 Å². The number of nitrogens with zero attached hydrogens (tertiary/aromatic N) is 1. The molecule has 3 aromatic rings. The van der Waals surface area contributed by atoms with Gasteiger partial charge in [0.25, 0.3) is 5.56 Å². The van der Waals surface area contributed by atoms with E-state index in [1.54, 1.807) is 18.0 Å². The van der Waals surface area contributed by atoms with Crippen molar-refractivity contribution in [2.45, 2.75) is 9.79 Å². The Morgan fingerprint density at radius 3 is 2.67 bits per heavy atom. The first kappa shape index (κ1) is 11.0. The van der Waals surface area contributed by atoms with Gasteiger partial charge in [0.1, 0.15) is 0 Å². The van der Waals surface area contributed by atoms with Crippen molar-refractivity contribution in [2.24, 2.45) is 0 Å². The van der Waals surface area contributed by atoms with Crippen molar-refractivity contribution in [2.75, 3.05) is 0 Å². The average molecular weight is 254 g/mol. The largest absolute Gasteiger partial charge is 0.272 e. The number of H-pyrrole nitrogens is 1. The summed E-state index contributed by atoms with van der Waals surface area (Å²) in [4.78, 5) is 13.8. The van der Waals surface area contributed by atoms with Gasteiger partial charge in [-0.1, -0.05) is 30.0 Å². The molecule has 88 valence electrons. The summed E-state index contributed by atoms with van der Waals surface area (Å²) in [5.41, 5.74) is -0.149. The van der Waals surface area contributed by atoms with E-state index in [-0.39, 0.29) is 5.56 Å². The van der Waals surface area contributed by atoms with Crippen molar-refractivity contribution < 1.29 is 0 Å². The van der Waals surface area contributed by atoms with Crippen molar-refractivity contribution in [3.8, 4) is 0 Å². The summed E-state index contributed by atoms with van der Waals surface area (Å²) in [5.74, 6) is 0. The number of hydrogen-bond acceptors (Lipinski definition) is 3. The quantitative estimate of drug-likeness (QED) is 0.764. The number of aromatic amines is 1. The van der Waals surface area contributed by atoms with Gasteiger partial charge < -0.3 is 0 Å². The Kier molecular flexibility index (Phi) is 2.86. The molecule has 1 N–H and O–H groups in total. The van der Waals surface area contributed by atoms with Crippen LogP contribution in [0.2, 0.25) is 0 Å². The van der Waals surface area contributed by atoms with Crippen LogP contribution in [0.4, 0.5) is 0 Å². The summed E-state index contributed by atoms with van der Waals surface area (Å²) in [6.07, 6.45) is 1.67. The first-order valence-corrected chi connectivity index (χ1v) is 6.35. The summed E-state index contributed by atoms with van der Waals surface area (Å²) in [6, 6.07) is 15.9. The molecule has 18 heavy (non-hydrogen) atoms. The standard InChI is InChI=1S/C14H10N2OS/c17-14-13-7-6-12(8-10(13)9-15-16-14)18-11-4-2-1-3-5-11/h1-9H,(H,16,17). The highest BCUT2D eigenvalue weighted by Crippen LogP contribution is 2.28. The third-order valence-electron chi connectivity index (χ3n) is 2.62. The lowest BCUT2D eigenvalue weighted by molar-refractivity contribution is 1.01. The van der Waals surface area contributed by atoms with Crippen molar-refractivity contribution in [1.29, 1.82) is 0 Å². The maximum absolute atomic E-state index is 11.5. The second kappa shape index (κ2) is 4.66. The number of nitrogens with one attached hydrogen (secondary N) is 1. The Morgan fingerprint density at radius 2 is 1.83 bits per heavy atom. The third-order valence-corrected chi connectivity index (χ3v) is 3.61. The van der Waals surface area contributed by atoms with Crippen molar-refractivity contribution >= 4 is 22.5 Å². The van der Waals surface area contributed by atoms with Crippen LogP contribution in [0.25, 0.3) is 10.8 Å². The predicted octanol–water partition coefficient (Wildman–Crippen LogP) is 3.07. The molecular formula is C14H10N2OS. The van der Waals surface area contributed by atoms with Crippen LogP contribution in [0.3, 0.4) is 0 Å². The molecule has 0 aliphatic carbocycles. The maximum Gasteiger partial charge on any atom is 0.272 e. The molecule has 0 spiro atoms. The van der Waals surface area contributed by atoms with Gasteiger partial charge >= 0.3 is 0 Å². The lowest BCUT2D eigenvalue weighted by Gasteiger charge is -2.02. The van der Waals surface area contributed by atoms with Crippen LogP contribution >= 0.6 is 11.8 Å². The zero-order valence-corrected chi connectivity index (χ0v) is 10.3. The first-order valence-electron chi connectivity index (χ1n) is 5.53. The molecule has 0 saturated carbocycles. The summed E-state index contributed by atoms with van der Waals surface area (Å²) in [5, 5.41) is 7.77. The van der Waals surface area contributed by atoms with Gasteiger partial charge in [-0.2, -0.15) is 5.10 Å². The van der Waals surface area contributed by atoms with Gasteiger partial charge in [0.05, 0.1) is 11.6 Å². The summed E-state index contributed by atoms with van der Waals surface area (Å²) in [7, 11) is 0. The fourth-order valence-electron chi connectivity index (χ4n) is 1.76. The summed E-state index contributed by atoms with van der Waals surface area (Å²) in [6.45, 7) is 0. The highest BCUT2D eigenvalue weighted by atomic mass is 32.2. The van der Waals surface area contributed by atoms with Crippen LogP contribution < -0.4 is 5.56 Å². The van der Waals surface area contributed by atoms with Gasteiger partial charge in [-0.3, -0.25) is 4.79 Å². The van der Waals surface area contributed by atoms with Gasteiger partial charge in [-0.15, -0.1) is 0 Å². The Bertz CT molecular complexity index is 737. The first-order chi connectivity index (χ1) is 8.83. The topological polar surface area (TPSA) is 45.8 Å². The fourth-order valence-corrected chi connectivity index (χ4v) is 2.65. The molecule has 4 heteroatoms. The zero-order chi connectivity index (χ0) is 12.4. The van der Waals surface area contributed by atoms with Crippen molar-refractivity contribution in [3.63, 3.8) is 0 Å². The van der Waals surface area contributed by atoms with E-state index in [1.165, 1.54) is 4.90 Å². The lowest BCUT2D eigenvalue weighted by Crippen LogP contribution is -2.06. The van der Waals surface area contributed by atoms with Crippen LogP contribution in [-0.4, -0.2) is 10.2 Å². The molecule has 0 amide bonds. The smallest absolute Gasteiger partial charge is 0.267 e. The molecule has 0 aliphatic heterocycles. The molecule has 0 unspecified atom stereocenters. The molecule has 0 radical (unpaired) electrons. The van der Waals surface area contributed by atoms with Crippen molar-refractivity contribution in [1.82, 2.24) is 10.2 Å². The number of rotatable bonds is 2. The molecule has 0 aliphatic rings. The van der Waals surface area contributed by atoms with Crippen LogP contribution in [0.1, 0.15) is 0 Å². The molecule has 2 aromatic carbocycles. The van der Waals surface area contributed by atoms with Gasteiger partial charge in [-0.25, -0.2) is 5.10 Å². The monoisotopic (exact) mass is 254 g/mol. The van der Waals surface area contributed by atoms with E-state index < -0.39 is 0 Å². The van der Waals surface area contributed by atoms with E-state index in [1.807, 2.05) is 36.4 Å². The van der Waals surface area contributed by atoms with Crippen molar-refractivity contribution in [3.05, 3.63) is 65.1 Å². The van der Waals surface area contributed by atoms with E-state index in [0.717, 1.165) is 10.3 Å². The molecule has 3 nitrogen and oxygen atoms in total. The molecule has 0 atom stereocenters. The van der Waals surface area contributed by atoms with E-state index in [2.05, 4.69) is 22.3 Å². The highest BCUT2D eigenvalue weighted by Gasteiger charge is 2.01. The molecule has 3 rings (SSSR count). The fraction of sp³-hybridized carbons (Fsp3) is 0. The van der Waals surface area contributed by atoms with Crippen LogP contribution in [0, 0.1) is 0 Å². The van der Waals surface area contributed by atoms with E-state index >= 15 is 0 Å². The van der Waals surface area contributed by atoms with Gasteiger partial charge in [0.2, 0.25) is 0 Å². The minimum absolute atomic E-state index is 0.149. The Balaban J connectivity index is 2.02. The number of aromatic nitrogens is 2. The Hall–Kier alpha value is -2.07. The summed E-state index contributed by atoms with van der Waals surface area (Å²) < 4.78 is 0. The van der Waals surface area contributed by atoms with Crippen LogP contribution in [0.15, 0.2) is 69.3 Å². The molecule has 0 bridgehead atoms. The lowest BCUT2D eigenvalue weighted by atomic mass is 10.2. The number of hydrogen-bond donors (Lipinski definition) is 1. The minimum Gasteiger partial charge on any atom is -0.267 e. The molecule has 1 aromatic heterocycles. The third kappa shape index (κ3) is 2.15. The molecule has 0 fully saturated rings. The van der Waals surface area contributed by atoms with Gasteiger partial charge in [-0.05, 0) is 30.3 Å². The summed E-state index contributed by atoms with van der Waals surface area (Å²) >= 11 is 1.67. The predicted molar refractivity (Wildman–Crippen MR) is 72.9 cm³/mol. The average Bonchev–Trinajstić information content (AvgIpc) is 2.40. The molecular weight excluding hydrogens is 244 g/mol. The number of benzene rings is 2. The SMILES string of the molecule is O=c1[nH]ncc2cc(Sc3ccccc3)ccc12. The zero-order valence-electron chi connectivity index (χ0n) is 9.46. The highest BCUT2D eigenvalue weighted by molar-refractivity contribution is 7.99. The Morgan fingerprint density at radius 1 is 1.00 bits per heavy atom.